The minimum absolute atomic E-state index is 0.548. The number of fused-ring (bicyclic) bond motifs is 10. The van der Waals surface area contributed by atoms with Crippen LogP contribution in [0.25, 0.3) is 44.8 Å². The molecule has 0 bridgehead atoms. The minimum Gasteiger partial charge on any atom is -0.354 e. The molecule has 9 rings (SSSR count). The SMILES string of the molecule is CN(C)CCCCCNc1ncc2c(n1)-c1cccnc1Nc1cnccc1-2.c1ccc(CNc2ncc3c(n2)-c2cccnc2Nc2cnccc2-3)nc1. The van der Waals surface area contributed by atoms with Gasteiger partial charge in [-0.05, 0) is 82.0 Å². The van der Waals surface area contributed by atoms with Crippen molar-refractivity contribution in [2.75, 3.05) is 48.5 Å². The first-order chi connectivity index (χ1) is 27.1. The topological polar surface area (TPSA) is 167 Å². The monoisotopic (exact) mass is 728 g/mol. The fourth-order valence-electron chi connectivity index (χ4n) is 6.45. The Morgan fingerprint density at radius 2 is 1.13 bits per heavy atom. The second-order valence-corrected chi connectivity index (χ2v) is 13.3. The van der Waals surface area contributed by atoms with Crippen LogP contribution in [0.4, 0.5) is 34.9 Å². The molecule has 2 aliphatic heterocycles. The first-order valence-corrected chi connectivity index (χ1v) is 18.2. The highest BCUT2D eigenvalue weighted by atomic mass is 15.1. The molecule has 0 radical (unpaired) electrons. The predicted octanol–water partition coefficient (Wildman–Crippen LogP) is 7.47. The molecule has 14 nitrogen and oxygen atoms in total. The summed E-state index contributed by atoms with van der Waals surface area (Å²) in [5.74, 6) is 2.73. The molecule has 0 spiro atoms. The van der Waals surface area contributed by atoms with E-state index in [0.717, 1.165) is 93.0 Å². The number of anilines is 6. The summed E-state index contributed by atoms with van der Waals surface area (Å²) in [6.07, 6.45) is 19.7. The Labute approximate surface area is 319 Å². The van der Waals surface area contributed by atoms with Crippen LogP contribution in [0.5, 0.6) is 0 Å². The Balaban J connectivity index is 0.000000155. The van der Waals surface area contributed by atoms with Crippen molar-refractivity contribution in [1.29, 1.82) is 0 Å². The fourth-order valence-corrected chi connectivity index (χ4v) is 6.45. The van der Waals surface area contributed by atoms with Crippen molar-refractivity contribution in [2.45, 2.75) is 25.8 Å². The molecule has 0 saturated heterocycles. The van der Waals surface area contributed by atoms with Crippen LogP contribution in [0.3, 0.4) is 0 Å². The Morgan fingerprint density at radius 1 is 0.527 bits per heavy atom. The molecular weight excluding hydrogens is 689 g/mol. The van der Waals surface area contributed by atoms with Gasteiger partial charge in [0.25, 0.3) is 0 Å². The van der Waals surface area contributed by atoms with Crippen molar-refractivity contribution < 1.29 is 0 Å². The number of nitrogens with zero attached hydrogens (tertiary/aromatic N) is 10. The molecule has 0 fully saturated rings. The maximum atomic E-state index is 4.83. The van der Waals surface area contributed by atoms with Gasteiger partial charge in [0.05, 0.1) is 47.4 Å². The van der Waals surface area contributed by atoms with E-state index in [9.17, 15) is 0 Å². The van der Waals surface area contributed by atoms with Gasteiger partial charge in [0.1, 0.15) is 11.6 Å². The van der Waals surface area contributed by atoms with Gasteiger partial charge < -0.3 is 26.2 Å². The Kier molecular flexibility index (Phi) is 10.5. The Hall–Kier alpha value is -6.93. The van der Waals surface area contributed by atoms with E-state index in [-0.39, 0.29) is 0 Å². The van der Waals surface area contributed by atoms with Gasteiger partial charge in [-0.2, -0.15) is 0 Å². The summed E-state index contributed by atoms with van der Waals surface area (Å²) in [6, 6.07) is 17.6. The quantitative estimate of drug-likeness (QED) is 0.102. The van der Waals surface area contributed by atoms with Crippen molar-refractivity contribution in [3.63, 3.8) is 0 Å². The molecule has 274 valence electrons. The lowest BCUT2D eigenvalue weighted by atomic mass is 10.0. The standard InChI is InChI=1S/C21H25N7.C20H15N7/c1-28(2)12-5-3-4-9-24-21-25-13-17-15-8-11-22-14-18(15)26-20-16(19(17)27-21)7-6-10-23-20;1-2-7-22-13(4-1)10-24-20-25-11-16-14-6-9-21-12-17(14)26-19-15(18(16)27-20)5-3-8-23-19/h6-8,10-11,13-14H,3-5,9,12H2,1-2H3,(H,23,26)(H,24,25,27);1-9,11-12H,10H2,(H,23,26)(H,24,25,27). The lowest BCUT2D eigenvalue weighted by Gasteiger charge is -2.11. The zero-order valence-electron chi connectivity index (χ0n) is 30.6. The molecule has 55 heavy (non-hydrogen) atoms. The maximum Gasteiger partial charge on any atom is 0.223 e. The maximum absolute atomic E-state index is 4.83. The highest BCUT2D eigenvalue weighted by Gasteiger charge is 2.23. The van der Waals surface area contributed by atoms with Crippen LogP contribution in [-0.4, -0.2) is 76.9 Å². The van der Waals surface area contributed by atoms with E-state index in [0.29, 0.717) is 18.4 Å². The lowest BCUT2D eigenvalue weighted by molar-refractivity contribution is 0.392. The summed E-state index contributed by atoms with van der Waals surface area (Å²) in [5, 5.41) is 13.4. The molecule has 14 heteroatoms. The Morgan fingerprint density at radius 3 is 1.71 bits per heavy atom. The normalized spacial score (nSPS) is 11.6. The van der Waals surface area contributed by atoms with Crippen LogP contribution in [0.2, 0.25) is 0 Å². The van der Waals surface area contributed by atoms with E-state index in [1.54, 1.807) is 37.2 Å². The number of rotatable bonds is 10. The molecule has 0 unspecified atom stereocenters. The highest BCUT2D eigenvalue weighted by molar-refractivity contribution is 5.96. The summed E-state index contributed by atoms with van der Waals surface area (Å²) in [6.45, 7) is 2.55. The molecule has 0 atom stereocenters. The predicted molar refractivity (Wildman–Crippen MR) is 216 cm³/mol. The Bertz CT molecular complexity index is 2400. The van der Waals surface area contributed by atoms with Gasteiger partial charge in [-0.3, -0.25) is 15.0 Å². The molecule has 4 N–H and O–H groups in total. The van der Waals surface area contributed by atoms with Gasteiger partial charge >= 0.3 is 0 Å². The van der Waals surface area contributed by atoms with E-state index in [4.69, 9.17) is 9.97 Å². The molecule has 7 aromatic rings. The van der Waals surface area contributed by atoms with E-state index in [1.807, 2.05) is 73.2 Å². The first-order valence-electron chi connectivity index (χ1n) is 18.2. The fraction of sp³-hybridized carbons (Fsp3) is 0.195. The molecule has 7 aromatic heterocycles. The van der Waals surface area contributed by atoms with Crippen molar-refractivity contribution in [3.05, 3.63) is 116 Å². The minimum atomic E-state index is 0.548. The molecule has 2 aliphatic rings. The molecule has 0 aromatic carbocycles. The van der Waals surface area contributed by atoms with Crippen molar-refractivity contribution in [2.24, 2.45) is 0 Å². The zero-order chi connectivity index (χ0) is 37.4. The van der Waals surface area contributed by atoms with E-state index >= 15 is 0 Å². The third-order valence-electron chi connectivity index (χ3n) is 9.15. The second kappa shape index (κ2) is 16.4. The highest BCUT2D eigenvalue weighted by Crippen LogP contribution is 2.43. The van der Waals surface area contributed by atoms with Crippen LogP contribution in [-0.2, 0) is 6.54 Å². The summed E-state index contributed by atoms with van der Waals surface area (Å²) < 4.78 is 0. The summed E-state index contributed by atoms with van der Waals surface area (Å²) in [7, 11) is 4.22. The van der Waals surface area contributed by atoms with Gasteiger partial charge in [0, 0.05) is 83.3 Å². The van der Waals surface area contributed by atoms with Gasteiger partial charge in [-0.15, -0.1) is 0 Å². The number of aromatic nitrogens is 9. The summed E-state index contributed by atoms with van der Waals surface area (Å²) in [4.78, 5) is 42.6. The molecule has 0 aliphatic carbocycles. The zero-order valence-corrected chi connectivity index (χ0v) is 30.6. The van der Waals surface area contributed by atoms with Crippen LogP contribution in [0, 0.1) is 0 Å². The van der Waals surface area contributed by atoms with Crippen molar-refractivity contribution in [1.82, 2.24) is 49.8 Å². The van der Waals surface area contributed by atoms with E-state index in [2.05, 4.69) is 75.2 Å². The average Bonchev–Trinajstić information content (AvgIpc) is 3.46. The average molecular weight is 729 g/mol. The van der Waals surface area contributed by atoms with Crippen LogP contribution in [0.15, 0.2) is 110 Å². The molecular formula is C41H40N14. The first kappa shape index (κ1) is 35.1. The lowest BCUT2D eigenvalue weighted by Crippen LogP contribution is -2.13. The van der Waals surface area contributed by atoms with Crippen LogP contribution in [0.1, 0.15) is 25.0 Å². The van der Waals surface area contributed by atoms with Crippen molar-refractivity contribution in [3.8, 4) is 44.8 Å². The van der Waals surface area contributed by atoms with E-state index in [1.165, 1.54) is 12.8 Å². The third kappa shape index (κ3) is 8.04. The van der Waals surface area contributed by atoms with E-state index < -0.39 is 0 Å². The number of hydrogen-bond donors (Lipinski definition) is 4. The number of pyridine rings is 5. The van der Waals surface area contributed by atoms with Gasteiger partial charge in [-0.1, -0.05) is 12.5 Å². The van der Waals surface area contributed by atoms with Gasteiger partial charge in [-0.25, -0.2) is 29.9 Å². The van der Waals surface area contributed by atoms with Crippen molar-refractivity contribution >= 4 is 34.9 Å². The van der Waals surface area contributed by atoms with Gasteiger partial charge in [0.15, 0.2) is 0 Å². The third-order valence-corrected chi connectivity index (χ3v) is 9.15. The summed E-state index contributed by atoms with van der Waals surface area (Å²) in [5.41, 5.74) is 10.3. The second-order valence-electron chi connectivity index (χ2n) is 13.3. The number of unbranched alkanes of at least 4 members (excludes halogenated alkanes) is 2. The molecule has 0 amide bonds. The smallest absolute Gasteiger partial charge is 0.223 e. The largest absolute Gasteiger partial charge is 0.354 e. The number of hydrogen-bond acceptors (Lipinski definition) is 14. The van der Waals surface area contributed by atoms with Gasteiger partial charge in [0.2, 0.25) is 11.9 Å². The molecule has 0 saturated carbocycles. The van der Waals surface area contributed by atoms with Crippen LogP contribution >= 0.6 is 0 Å². The summed E-state index contributed by atoms with van der Waals surface area (Å²) >= 11 is 0. The number of nitrogens with one attached hydrogen (secondary N) is 4. The van der Waals surface area contributed by atoms with Crippen LogP contribution < -0.4 is 21.3 Å². The molecule has 9 heterocycles.